The smallest absolute Gasteiger partial charge is 0.232 e. The summed E-state index contributed by atoms with van der Waals surface area (Å²) in [6, 6.07) is 1.91. The molecule has 0 radical (unpaired) electrons. The molecule has 0 fully saturated rings. The first kappa shape index (κ1) is 16.3. The maximum atomic E-state index is 5.63. The molecule has 3 aromatic heterocycles. The van der Waals surface area contributed by atoms with E-state index in [9.17, 15) is 0 Å². The van der Waals surface area contributed by atoms with Gasteiger partial charge in [0.25, 0.3) is 0 Å². The number of nitrogens with zero attached hydrogens (tertiary/aromatic N) is 4. The Hall–Kier alpha value is -2.57. The third-order valence-electron chi connectivity index (χ3n) is 3.64. The summed E-state index contributed by atoms with van der Waals surface area (Å²) in [5, 5.41) is 8.60. The van der Waals surface area contributed by atoms with Crippen LogP contribution in [0.15, 0.2) is 18.5 Å². The Labute approximate surface area is 141 Å². The molecular formula is C17H24N6O. The van der Waals surface area contributed by atoms with E-state index in [4.69, 9.17) is 4.74 Å². The highest BCUT2D eigenvalue weighted by Gasteiger charge is 2.16. The molecule has 0 bridgehead atoms. The van der Waals surface area contributed by atoms with Crippen molar-refractivity contribution in [1.82, 2.24) is 24.7 Å². The van der Waals surface area contributed by atoms with Gasteiger partial charge in [0.2, 0.25) is 11.8 Å². The van der Waals surface area contributed by atoms with Crippen LogP contribution in [0.25, 0.3) is 11.0 Å². The van der Waals surface area contributed by atoms with E-state index >= 15 is 0 Å². The molecule has 0 aliphatic heterocycles. The Morgan fingerprint density at radius 1 is 1.29 bits per heavy atom. The van der Waals surface area contributed by atoms with Crippen LogP contribution < -0.4 is 10.1 Å². The zero-order chi connectivity index (χ0) is 17.3. The number of aromatic nitrogens is 5. The van der Waals surface area contributed by atoms with Crippen molar-refractivity contribution in [1.29, 1.82) is 0 Å². The van der Waals surface area contributed by atoms with Gasteiger partial charge in [0, 0.05) is 12.7 Å². The van der Waals surface area contributed by atoms with Gasteiger partial charge in [-0.3, -0.25) is 4.68 Å². The Kier molecular flexibility index (Phi) is 4.17. The molecule has 0 aliphatic carbocycles. The lowest BCUT2D eigenvalue weighted by Crippen LogP contribution is -2.17. The van der Waals surface area contributed by atoms with E-state index in [2.05, 4.69) is 46.1 Å². The molecule has 3 rings (SSSR count). The number of ether oxygens (including phenoxy) is 1. The van der Waals surface area contributed by atoms with E-state index < -0.39 is 0 Å². The molecule has 128 valence electrons. The summed E-state index contributed by atoms with van der Waals surface area (Å²) in [5.74, 6) is 1.07. The number of anilines is 2. The number of hydrogen-bond donors (Lipinski definition) is 2. The van der Waals surface area contributed by atoms with Crippen LogP contribution in [-0.2, 0) is 6.54 Å². The molecule has 0 spiro atoms. The molecule has 0 aliphatic rings. The van der Waals surface area contributed by atoms with Crippen molar-refractivity contribution in [2.45, 2.75) is 41.2 Å². The van der Waals surface area contributed by atoms with Crippen molar-refractivity contribution in [3.8, 4) is 5.88 Å². The fourth-order valence-corrected chi connectivity index (χ4v) is 2.51. The second-order valence-electron chi connectivity index (χ2n) is 7.01. The van der Waals surface area contributed by atoms with Gasteiger partial charge >= 0.3 is 0 Å². The zero-order valence-electron chi connectivity index (χ0n) is 14.8. The minimum absolute atomic E-state index is 0.163. The average molecular weight is 328 g/mol. The molecule has 0 amide bonds. The molecule has 0 saturated heterocycles. The topological polar surface area (TPSA) is 80.7 Å². The van der Waals surface area contributed by atoms with E-state index in [0.717, 1.165) is 29.0 Å². The summed E-state index contributed by atoms with van der Waals surface area (Å²) >= 11 is 0. The summed E-state index contributed by atoms with van der Waals surface area (Å²) in [6.07, 6.45) is 3.64. The van der Waals surface area contributed by atoms with Gasteiger partial charge in [0.1, 0.15) is 5.65 Å². The van der Waals surface area contributed by atoms with Gasteiger partial charge in [-0.15, -0.1) is 0 Å². The van der Waals surface area contributed by atoms with E-state index in [1.54, 1.807) is 0 Å². The monoisotopic (exact) mass is 328 g/mol. The first-order valence-corrected chi connectivity index (χ1v) is 8.15. The lowest BCUT2D eigenvalue weighted by atomic mass is 9.97. The largest absolute Gasteiger partial charge is 0.477 e. The van der Waals surface area contributed by atoms with Crippen LogP contribution in [0.3, 0.4) is 0 Å². The number of nitrogens with one attached hydrogen (secondary N) is 2. The normalized spacial score (nSPS) is 11.9. The second kappa shape index (κ2) is 6.14. The van der Waals surface area contributed by atoms with Crippen molar-refractivity contribution in [2.75, 3.05) is 11.9 Å². The summed E-state index contributed by atoms with van der Waals surface area (Å²) in [4.78, 5) is 12.1. The summed E-state index contributed by atoms with van der Waals surface area (Å²) in [5.41, 5.74) is 2.86. The first-order valence-electron chi connectivity index (χ1n) is 8.15. The van der Waals surface area contributed by atoms with Gasteiger partial charge in [-0.2, -0.15) is 15.1 Å². The lowest BCUT2D eigenvalue weighted by Gasteiger charge is -2.19. The Morgan fingerprint density at radius 3 is 2.79 bits per heavy atom. The highest BCUT2D eigenvalue weighted by atomic mass is 16.5. The third-order valence-corrected chi connectivity index (χ3v) is 3.64. The molecule has 0 saturated carbocycles. The number of fused-ring (bicyclic) bond motifs is 1. The van der Waals surface area contributed by atoms with Crippen LogP contribution in [0, 0.1) is 12.3 Å². The Bertz CT molecular complexity index is 842. The van der Waals surface area contributed by atoms with Gasteiger partial charge in [-0.25, -0.2) is 0 Å². The van der Waals surface area contributed by atoms with Crippen LogP contribution in [0.2, 0.25) is 0 Å². The molecule has 0 atom stereocenters. The van der Waals surface area contributed by atoms with Crippen molar-refractivity contribution >= 4 is 22.7 Å². The van der Waals surface area contributed by atoms with Gasteiger partial charge in [0.05, 0.1) is 29.6 Å². The minimum atomic E-state index is 0.163. The zero-order valence-corrected chi connectivity index (χ0v) is 14.8. The lowest BCUT2D eigenvalue weighted by molar-refractivity contribution is 0.322. The minimum Gasteiger partial charge on any atom is -0.477 e. The van der Waals surface area contributed by atoms with Crippen molar-refractivity contribution in [2.24, 2.45) is 5.41 Å². The molecule has 2 N–H and O–H groups in total. The molecule has 3 aromatic rings. The predicted octanol–water partition coefficient (Wildman–Crippen LogP) is 3.65. The van der Waals surface area contributed by atoms with E-state index in [1.807, 2.05) is 37.0 Å². The molecule has 7 heteroatoms. The fourth-order valence-electron chi connectivity index (χ4n) is 2.51. The summed E-state index contributed by atoms with van der Waals surface area (Å²) < 4.78 is 7.62. The van der Waals surface area contributed by atoms with Crippen molar-refractivity contribution < 1.29 is 4.74 Å². The Balaban J connectivity index is 1.90. The van der Waals surface area contributed by atoms with E-state index in [0.29, 0.717) is 18.4 Å². The molecule has 3 heterocycles. The van der Waals surface area contributed by atoms with E-state index in [1.165, 1.54) is 0 Å². The summed E-state index contributed by atoms with van der Waals surface area (Å²) in [6.45, 7) is 12.0. The van der Waals surface area contributed by atoms with Gasteiger partial charge in [-0.1, -0.05) is 20.8 Å². The molecule has 24 heavy (non-hydrogen) atoms. The van der Waals surface area contributed by atoms with Crippen LogP contribution in [0.1, 0.15) is 33.4 Å². The van der Waals surface area contributed by atoms with Crippen molar-refractivity contribution in [3.05, 3.63) is 24.2 Å². The highest BCUT2D eigenvalue weighted by Crippen LogP contribution is 2.26. The summed E-state index contributed by atoms with van der Waals surface area (Å²) in [7, 11) is 0. The van der Waals surface area contributed by atoms with Gasteiger partial charge < -0.3 is 15.0 Å². The fraction of sp³-hybridized carbons (Fsp3) is 0.471. The number of rotatable bonds is 5. The van der Waals surface area contributed by atoms with Crippen LogP contribution in [0.4, 0.5) is 11.6 Å². The van der Waals surface area contributed by atoms with Gasteiger partial charge in [0.15, 0.2) is 0 Å². The molecule has 0 aromatic carbocycles. The van der Waals surface area contributed by atoms with Gasteiger partial charge in [-0.05, 0) is 25.3 Å². The van der Waals surface area contributed by atoms with Crippen molar-refractivity contribution in [3.63, 3.8) is 0 Å². The van der Waals surface area contributed by atoms with Crippen LogP contribution in [-0.4, -0.2) is 31.3 Å². The first-order chi connectivity index (χ1) is 11.4. The second-order valence-corrected chi connectivity index (χ2v) is 7.01. The van der Waals surface area contributed by atoms with Crippen LogP contribution in [0.5, 0.6) is 5.88 Å². The van der Waals surface area contributed by atoms with Crippen LogP contribution >= 0.6 is 0 Å². The molecule has 0 unspecified atom stereocenters. The third kappa shape index (κ3) is 3.34. The maximum absolute atomic E-state index is 5.63. The molecular weight excluding hydrogens is 304 g/mol. The number of hydrogen-bond acceptors (Lipinski definition) is 5. The predicted molar refractivity (Wildman–Crippen MR) is 94.8 cm³/mol. The maximum Gasteiger partial charge on any atom is 0.232 e. The number of aromatic amines is 1. The SMILES string of the molecule is CCOc1nc(Nc2cnn(CC(C)(C)C)c2C)nc2[nH]ccc12. The Morgan fingerprint density at radius 2 is 2.08 bits per heavy atom. The quantitative estimate of drug-likeness (QED) is 0.747. The number of H-pyrrole nitrogens is 1. The van der Waals surface area contributed by atoms with E-state index in [-0.39, 0.29) is 5.41 Å². The standard InChI is InChI=1S/C17H24N6O/c1-6-24-15-12-7-8-18-14(12)21-16(22-15)20-13-9-19-23(11(13)2)10-17(3,4)5/h7-9H,6,10H2,1-5H3,(H2,18,20,21,22). The molecule has 7 nitrogen and oxygen atoms in total. The average Bonchev–Trinajstić information content (AvgIpc) is 3.08. The highest BCUT2D eigenvalue weighted by molar-refractivity contribution is 5.82.